The van der Waals surface area contributed by atoms with E-state index in [4.69, 9.17) is 0 Å². The van der Waals surface area contributed by atoms with Crippen LogP contribution in [-0.2, 0) is 6.54 Å². The molecule has 0 unspecified atom stereocenters. The molecule has 0 fully saturated rings. The summed E-state index contributed by atoms with van der Waals surface area (Å²) in [5.41, 5.74) is 5.19. The van der Waals surface area contributed by atoms with Gasteiger partial charge in [-0.15, -0.1) is 11.8 Å². The van der Waals surface area contributed by atoms with Crippen LogP contribution in [0.5, 0.6) is 0 Å². The van der Waals surface area contributed by atoms with E-state index in [1.54, 1.807) is 0 Å². The van der Waals surface area contributed by atoms with Crippen LogP contribution in [0, 0.1) is 6.92 Å². The van der Waals surface area contributed by atoms with E-state index in [2.05, 4.69) is 66.0 Å². The van der Waals surface area contributed by atoms with E-state index in [9.17, 15) is 0 Å². The summed E-state index contributed by atoms with van der Waals surface area (Å²) in [6.07, 6.45) is 8.60. The van der Waals surface area contributed by atoms with Crippen molar-refractivity contribution in [2.45, 2.75) is 38.1 Å². The highest BCUT2D eigenvalue weighted by atomic mass is 32.2. The summed E-state index contributed by atoms with van der Waals surface area (Å²) in [5.74, 6) is 1.17. The second-order valence-electron chi connectivity index (χ2n) is 6.01. The maximum Gasteiger partial charge on any atom is 0.0473 e. The fourth-order valence-corrected chi connectivity index (χ4v) is 4.13. The van der Waals surface area contributed by atoms with Gasteiger partial charge < -0.3 is 4.57 Å². The lowest BCUT2D eigenvalue weighted by Gasteiger charge is -2.08. The summed E-state index contributed by atoms with van der Waals surface area (Å²) < 4.78 is 2.37. The summed E-state index contributed by atoms with van der Waals surface area (Å²) in [6.45, 7) is 5.37. The second kappa shape index (κ2) is 8.20. The summed E-state index contributed by atoms with van der Waals surface area (Å²) >= 11 is 1.96. The highest BCUT2D eigenvalue weighted by Crippen LogP contribution is 2.36. The third kappa shape index (κ3) is 3.90. The molecule has 24 heavy (non-hydrogen) atoms. The minimum atomic E-state index is 0.911. The normalized spacial score (nSPS) is 10.9. The van der Waals surface area contributed by atoms with Crippen LogP contribution in [0.4, 0.5) is 0 Å². The zero-order valence-electron chi connectivity index (χ0n) is 14.4. The molecule has 0 saturated carbocycles. The van der Waals surface area contributed by atoms with E-state index in [-0.39, 0.29) is 0 Å². The van der Waals surface area contributed by atoms with Gasteiger partial charge in [0.1, 0.15) is 0 Å². The van der Waals surface area contributed by atoms with Crippen LogP contribution >= 0.6 is 11.8 Å². The molecule has 2 aromatic heterocycles. The molecule has 2 heterocycles. The second-order valence-corrected chi connectivity index (χ2v) is 7.15. The topological polar surface area (TPSA) is 17.8 Å². The Kier molecular flexibility index (Phi) is 5.76. The van der Waals surface area contributed by atoms with E-state index in [0.29, 0.717) is 0 Å². The number of benzene rings is 1. The van der Waals surface area contributed by atoms with Gasteiger partial charge in [-0.2, -0.15) is 0 Å². The first kappa shape index (κ1) is 16.8. The van der Waals surface area contributed by atoms with Crippen molar-refractivity contribution >= 4 is 11.8 Å². The van der Waals surface area contributed by atoms with E-state index in [1.165, 1.54) is 45.9 Å². The Balaban J connectivity index is 1.95. The molecule has 0 bridgehead atoms. The fourth-order valence-electron chi connectivity index (χ4n) is 2.87. The average Bonchev–Trinajstić information content (AvgIpc) is 2.92. The Morgan fingerprint density at radius 3 is 2.62 bits per heavy atom. The van der Waals surface area contributed by atoms with Gasteiger partial charge in [-0.1, -0.05) is 49.7 Å². The molecular formula is C21H24N2S. The molecule has 3 rings (SSSR count). The molecule has 2 nitrogen and oxygen atoms in total. The van der Waals surface area contributed by atoms with E-state index in [0.717, 1.165) is 6.54 Å². The number of hydrogen-bond acceptors (Lipinski definition) is 2. The first-order valence-corrected chi connectivity index (χ1v) is 9.55. The highest BCUT2D eigenvalue weighted by molar-refractivity contribution is 7.99. The molecule has 0 atom stereocenters. The van der Waals surface area contributed by atoms with Gasteiger partial charge >= 0.3 is 0 Å². The average molecular weight is 337 g/mol. The molecule has 0 N–H and O–H groups in total. The fraction of sp³-hybridized carbons (Fsp3) is 0.286. The first-order valence-electron chi connectivity index (χ1n) is 8.56. The summed E-state index contributed by atoms with van der Waals surface area (Å²) in [7, 11) is 0. The minimum absolute atomic E-state index is 0.911. The number of nitrogens with zero attached hydrogens (tertiary/aromatic N) is 2. The smallest absolute Gasteiger partial charge is 0.0473 e. The molecule has 0 aliphatic heterocycles. The van der Waals surface area contributed by atoms with E-state index in [1.807, 2.05) is 30.2 Å². The lowest BCUT2D eigenvalue weighted by molar-refractivity contribution is 0.773. The zero-order chi connectivity index (χ0) is 16.8. The Hall–Kier alpha value is -2.00. The molecule has 3 aromatic rings. The van der Waals surface area contributed by atoms with Crippen LogP contribution in [-0.4, -0.2) is 15.3 Å². The van der Waals surface area contributed by atoms with Crippen molar-refractivity contribution in [2.24, 2.45) is 0 Å². The maximum absolute atomic E-state index is 4.31. The lowest BCUT2D eigenvalue weighted by Crippen LogP contribution is -2.00. The van der Waals surface area contributed by atoms with E-state index >= 15 is 0 Å². The molecule has 0 radical (unpaired) electrons. The van der Waals surface area contributed by atoms with Gasteiger partial charge in [-0.25, -0.2) is 0 Å². The van der Waals surface area contributed by atoms with Crippen LogP contribution in [0.15, 0.2) is 66.0 Å². The number of pyridine rings is 1. The van der Waals surface area contributed by atoms with Crippen LogP contribution in [0.3, 0.4) is 0 Å². The zero-order valence-corrected chi connectivity index (χ0v) is 15.2. The molecule has 0 amide bonds. The van der Waals surface area contributed by atoms with Crippen molar-refractivity contribution in [3.63, 3.8) is 0 Å². The molecule has 0 aliphatic rings. The largest absolute Gasteiger partial charge is 0.346 e. The van der Waals surface area contributed by atoms with Gasteiger partial charge in [0.2, 0.25) is 0 Å². The summed E-state index contributed by atoms with van der Waals surface area (Å²) in [4.78, 5) is 5.68. The Morgan fingerprint density at radius 2 is 1.92 bits per heavy atom. The SMILES string of the molecule is CCCCSc1cn(Cc2ccccc2)c(C)c1-c1cccnc1. The monoisotopic (exact) mass is 336 g/mol. The number of aromatic nitrogens is 2. The molecular weight excluding hydrogens is 312 g/mol. The van der Waals surface area contributed by atoms with Gasteiger partial charge in [0, 0.05) is 46.9 Å². The third-order valence-corrected chi connectivity index (χ3v) is 5.33. The maximum atomic E-state index is 4.31. The Morgan fingerprint density at radius 1 is 1.08 bits per heavy atom. The van der Waals surface area contributed by atoms with Crippen LogP contribution in [0.1, 0.15) is 31.0 Å². The molecule has 124 valence electrons. The minimum Gasteiger partial charge on any atom is -0.346 e. The number of unbranched alkanes of at least 4 members (excludes halogenated alkanes) is 1. The van der Waals surface area contributed by atoms with Crippen molar-refractivity contribution in [2.75, 3.05) is 5.75 Å². The van der Waals surface area contributed by atoms with Gasteiger partial charge in [-0.05, 0) is 30.7 Å². The van der Waals surface area contributed by atoms with Crippen molar-refractivity contribution in [3.8, 4) is 11.1 Å². The number of rotatable bonds is 7. The van der Waals surface area contributed by atoms with Gasteiger partial charge in [-0.3, -0.25) is 4.98 Å². The van der Waals surface area contributed by atoms with Gasteiger partial charge in [0.25, 0.3) is 0 Å². The van der Waals surface area contributed by atoms with E-state index < -0.39 is 0 Å². The summed E-state index contributed by atoms with van der Waals surface area (Å²) in [6, 6.07) is 14.8. The molecule has 0 spiro atoms. The Bertz CT molecular complexity index is 763. The summed E-state index contributed by atoms with van der Waals surface area (Å²) in [5, 5.41) is 0. The standard InChI is InChI=1S/C21H24N2S/c1-3-4-13-24-20-16-23(15-18-9-6-5-7-10-18)17(2)21(20)19-11-8-12-22-14-19/h5-12,14,16H,3-4,13,15H2,1-2H3. The quantitative estimate of drug-likeness (QED) is 0.401. The molecule has 3 heteroatoms. The predicted octanol–water partition coefficient (Wildman–Crippen LogP) is 5.80. The van der Waals surface area contributed by atoms with Gasteiger partial charge in [0.15, 0.2) is 0 Å². The van der Waals surface area contributed by atoms with Gasteiger partial charge in [0.05, 0.1) is 0 Å². The first-order chi connectivity index (χ1) is 11.8. The van der Waals surface area contributed by atoms with Crippen LogP contribution < -0.4 is 0 Å². The number of thioether (sulfide) groups is 1. The van der Waals surface area contributed by atoms with Crippen molar-refractivity contribution in [1.82, 2.24) is 9.55 Å². The highest BCUT2D eigenvalue weighted by Gasteiger charge is 2.15. The number of hydrogen-bond donors (Lipinski definition) is 0. The van der Waals surface area contributed by atoms with Crippen molar-refractivity contribution < 1.29 is 0 Å². The Labute approximate surface area is 148 Å². The van der Waals surface area contributed by atoms with Crippen molar-refractivity contribution in [3.05, 3.63) is 72.3 Å². The molecule has 1 aromatic carbocycles. The molecule has 0 aliphatic carbocycles. The van der Waals surface area contributed by atoms with Crippen molar-refractivity contribution in [1.29, 1.82) is 0 Å². The molecule has 0 saturated heterocycles. The van der Waals surface area contributed by atoms with Crippen LogP contribution in [0.2, 0.25) is 0 Å². The predicted molar refractivity (Wildman–Crippen MR) is 104 cm³/mol. The van der Waals surface area contributed by atoms with Crippen LogP contribution in [0.25, 0.3) is 11.1 Å². The third-order valence-electron chi connectivity index (χ3n) is 4.21. The lowest BCUT2D eigenvalue weighted by atomic mass is 10.1.